The first-order chi connectivity index (χ1) is 9.25. The highest BCUT2D eigenvalue weighted by molar-refractivity contribution is 7.21. The Labute approximate surface area is 113 Å². The minimum atomic E-state index is -0.199. The molecule has 0 atom stereocenters. The average molecular weight is 273 g/mol. The number of anilines is 1. The fourth-order valence-corrected chi connectivity index (χ4v) is 2.81. The van der Waals surface area contributed by atoms with Gasteiger partial charge in [-0.2, -0.15) is 0 Å². The van der Waals surface area contributed by atoms with Crippen molar-refractivity contribution in [1.29, 1.82) is 0 Å². The van der Waals surface area contributed by atoms with E-state index in [2.05, 4.69) is 10.3 Å². The van der Waals surface area contributed by atoms with Crippen molar-refractivity contribution in [2.24, 2.45) is 0 Å². The van der Waals surface area contributed by atoms with Gasteiger partial charge in [0.1, 0.15) is 10.6 Å². The number of furan rings is 1. The lowest BCUT2D eigenvalue weighted by Crippen LogP contribution is -2.22. The molecule has 1 amide bonds. The van der Waals surface area contributed by atoms with Gasteiger partial charge in [-0.05, 0) is 18.2 Å². The second-order valence-corrected chi connectivity index (χ2v) is 5.03. The standard InChI is InChI=1S/C13H11N3O2S/c14-11-9-3-4-15-7-10(9)19-12(11)13(17)16-6-8-2-1-5-18-8/h1-5,7H,6,14H2,(H,16,17). The van der Waals surface area contributed by atoms with Crippen molar-refractivity contribution in [3.63, 3.8) is 0 Å². The zero-order valence-electron chi connectivity index (χ0n) is 9.92. The molecule has 0 aliphatic rings. The van der Waals surface area contributed by atoms with Crippen LogP contribution in [0.4, 0.5) is 5.69 Å². The molecular formula is C13H11N3O2S. The molecule has 3 N–H and O–H groups in total. The average Bonchev–Trinajstić information content (AvgIpc) is 3.05. The summed E-state index contributed by atoms with van der Waals surface area (Å²) >= 11 is 1.34. The molecule has 96 valence electrons. The van der Waals surface area contributed by atoms with Gasteiger partial charge in [0.15, 0.2) is 0 Å². The van der Waals surface area contributed by atoms with Crippen molar-refractivity contribution in [2.45, 2.75) is 6.54 Å². The second kappa shape index (κ2) is 4.74. The molecule has 3 aromatic rings. The van der Waals surface area contributed by atoms with Crippen LogP contribution in [0.15, 0.2) is 41.3 Å². The SMILES string of the molecule is Nc1c(C(=O)NCc2ccco2)sc2cnccc12. The Balaban J connectivity index is 1.83. The van der Waals surface area contributed by atoms with Gasteiger partial charge in [0.25, 0.3) is 5.91 Å². The van der Waals surface area contributed by atoms with Gasteiger partial charge in [-0.1, -0.05) is 0 Å². The third kappa shape index (κ3) is 2.17. The van der Waals surface area contributed by atoms with E-state index in [4.69, 9.17) is 10.2 Å². The van der Waals surface area contributed by atoms with E-state index in [1.165, 1.54) is 11.3 Å². The van der Waals surface area contributed by atoms with Crippen LogP contribution in [0.5, 0.6) is 0 Å². The zero-order valence-corrected chi connectivity index (χ0v) is 10.7. The van der Waals surface area contributed by atoms with E-state index in [1.54, 1.807) is 30.8 Å². The van der Waals surface area contributed by atoms with Crippen LogP contribution in [0.3, 0.4) is 0 Å². The lowest BCUT2D eigenvalue weighted by Gasteiger charge is -2.01. The van der Waals surface area contributed by atoms with Crippen molar-refractivity contribution in [1.82, 2.24) is 10.3 Å². The minimum absolute atomic E-state index is 0.199. The summed E-state index contributed by atoms with van der Waals surface area (Å²) in [5, 5.41) is 3.64. The number of hydrogen-bond donors (Lipinski definition) is 2. The molecule has 0 radical (unpaired) electrons. The first-order valence-electron chi connectivity index (χ1n) is 5.68. The molecule has 0 unspecified atom stereocenters. The zero-order chi connectivity index (χ0) is 13.2. The predicted molar refractivity (Wildman–Crippen MR) is 73.9 cm³/mol. The van der Waals surface area contributed by atoms with Crippen molar-refractivity contribution in [2.75, 3.05) is 5.73 Å². The van der Waals surface area contributed by atoms with Gasteiger partial charge in [-0.15, -0.1) is 11.3 Å². The van der Waals surface area contributed by atoms with Gasteiger partial charge >= 0.3 is 0 Å². The summed E-state index contributed by atoms with van der Waals surface area (Å²) in [5.74, 6) is 0.504. The smallest absolute Gasteiger partial charge is 0.263 e. The number of fused-ring (bicyclic) bond motifs is 1. The fraction of sp³-hybridized carbons (Fsp3) is 0.0769. The lowest BCUT2D eigenvalue weighted by atomic mass is 10.2. The number of nitrogens with one attached hydrogen (secondary N) is 1. The number of nitrogen functional groups attached to an aromatic ring is 1. The molecule has 3 aromatic heterocycles. The number of rotatable bonds is 3. The summed E-state index contributed by atoms with van der Waals surface area (Å²) in [7, 11) is 0. The largest absolute Gasteiger partial charge is 0.467 e. The number of amides is 1. The second-order valence-electron chi connectivity index (χ2n) is 3.98. The molecule has 3 rings (SSSR count). The van der Waals surface area contributed by atoms with Crippen molar-refractivity contribution < 1.29 is 9.21 Å². The number of carbonyl (C=O) groups excluding carboxylic acids is 1. The number of pyridine rings is 1. The van der Waals surface area contributed by atoms with Crippen molar-refractivity contribution in [3.05, 3.63) is 47.5 Å². The summed E-state index contributed by atoms with van der Waals surface area (Å²) < 4.78 is 6.06. The molecule has 0 bridgehead atoms. The van der Waals surface area contributed by atoms with E-state index in [-0.39, 0.29) is 5.91 Å². The highest BCUT2D eigenvalue weighted by atomic mass is 32.1. The minimum Gasteiger partial charge on any atom is -0.467 e. The summed E-state index contributed by atoms with van der Waals surface area (Å²) in [6, 6.07) is 5.39. The number of hydrogen-bond acceptors (Lipinski definition) is 5. The van der Waals surface area contributed by atoms with Gasteiger partial charge in [0.2, 0.25) is 0 Å². The Kier molecular flexibility index (Phi) is 2.92. The molecule has 0 aliphatic heterocycles. The Bertz CT molecular complexity index is 719. The number of nitrogens with zero attached hydrogens (tertiary/aromatic N) is 1. The Morgan fingerprint density at radius 3 is 3.11 bits per heavy atom. The van der Waals surface area contributed by atoms with Crippen molar-refractivity contribution in [3.8, 4) is 0 Å². The quantitative estimate of drug-likeness (QED) is 0.767. The highest BCUT2D eigenvalue weighted by Gasteiger charge is 2.16. The summed E-state index contributed by atoms with van der Waals surface area (Å²) in [6.07, 6.45) is 4.94. The van der Waals surface area contributed by atoms with E-state index >= 15 is 0 Å². The van der Waals surface area contributed by atoms with Crippen LogP contribution in [0.1, 0.15) is 15.4 Å². The van der Waals surface area contributed by atoms with Crippen LogP contribution in [0.25, 0.3) is 10.1 Å². The number of carbonyl (C=O) groups is 1. The Morgan fingerprint density at radius 2 is 2.37 bits per heavy atom. The Morgan fingerprint density at radius 1 is 1.47 bits per heavy atom. The first kappa shape index (κ1) is 11.7. The van der Waals surface area contributed by atoms with Gasteiger partial charge in [0, 0.05) is 17.8 Å². The molecule has 0 aliphatic carbocycles. The van der Waals surface area contributed by atoms with E-state index in [0.29, 0.717) is 22.9 Å². The third-order valence-electron chi connectivity index (χ3n) is 2.74. The molecule has 6 heteroatoms. The number of thiophene rings is 1. The predicted octanol–water partition coefficient (Wildman–Crippen LogP) is 2.40. The molecule has 0 saturated carbocycles. The number of nitrogens with two attached hydrogens (primary N) is 1. The van der Waals surface area contributed by atoms with Crippen LogP contribution in [-0.4, -0.2) is 10.9 Å². The molecule has 19 heavy (non-hydrogen) atoms. The van der Waals surface area contributed by atoms with Crippen LogP contribution in [0.2, 0.25) is 0 Å². The van der Waals surface area contributed by atoms with E-state index < -0.39 is 0 Å². The molecule has 0 spiro atoms. The molecule has 0 fully saturated rings. The Hall–Kier alpha value is -2.34. The molecular weight excluding hydrogens is 262 g/mol. The summed E-state index contributed by atoms with van der Waals surface area (Å²) in [6.45, 7) is 0.345. The summed E-state index contributed by atoms with van der Waals surface area (Å²) in [4.78, 5) is 16.6. The van der Waals surface area contributed by atoms with Crippen LogP contribution in [0, 0.1) is 0 Å². The summed E-state index contributed by atoms with van der Waals surface area (Å²) in [5.41, 5.74) is 6.49. The maximum absolute atomic E-state index is 12.1. The number of aromatic nitrogens is 1. The highest BCUT2D eigenvalue weighted by Crippen LogP contribution is 2.32. The van der Waals surface area contributed by atoms with Crippen LogP contribution < -0.4 is 11.1 Å². The molecule has 5 nitrogen and oxygen atoms in total. The van der Waals surface area contributed by atoms with Crippen molar-refractivity contribution >= 4 is 33.0 Å². The van der Waals surface area contributed by atoms with Gasteiger partial charge in [-0.25, -0.2) is 0 Å². The van der Waals surface area contributed by atoms with E-state index in [1.807, 2.05) is 6.07 Å². The molecule has 0 aromatic carbocycles. The van der Waals surface area contributed by atoms with Gasteiger partial charge in [0.05, 0.1) is 23.2 Å². The van der Waals surface area contributed by atoms with E-state index in [0.717, 1.165) is 10.1 Å². The van der Waals surface area contributed by atoms with E-state index in [9.17, 15) is 4.79 Å². The molecule has 0 saturated heterocycles. The molecule has 3 heterocycles. The lowest BCUT2D eigenvalue weighted by molar-refractivity contribution is 0.0953. The van der Waals surface area contributed by atoms with Crippen LogP contribution >= 0.6 is 11.3 Å². The maximum Gasteiger partial charge on any atom is 0.263 e. The third-order valence-corrected chi connectivity index (χ3v) is 3.90. The maximum atomic E-state index is 12.1. The normalized spacial score (nSPS) is 10.7. The monoisotopic (exact) mass is 273 g/mol. The van der Waals surface area contributed by atoms with Gasteiger partial charge in [-0.3, -0.25) is 9.78 Å². The van der Waals surface area contributed by atoms with Gasteiger partial charge < -0.3 is 15.5 Å². The fourth-order valence-electron chi connectivity index (χ4n) is 1.80. The van der Waals surface area contributed by atoms with Crippen LogP contribution in [-0.2, 0) is 6.54 Å². The topological polar surface area (TPSA) is 81.2 Å². The first-order valence-corrected chi connectivity index (χ1v) is 6.50.